The fraction of sp³-hybridized carbons (Fsp3) is 0.542. The number of rotatable bonds is 6. The number of nitrogens with one attached hydrogen (secondary N) is 2. The molecule has 1 saturated heterocycles. The number of aromatic nitrogens is 2. The molecule has 1 saturated carbocycles. The maximum Gasteiger partial charge on any atom is 0.219 e. The van der Waals surface area contributed by atoms with Crippen molar-refractivity contribution in [3.05, 3.63) is 35.5 Å². The maximum absolute atomic E-state index is 11.7. The van der Waals surface area contributed by atoms with E-state index >= 15 is 0 Å². The molecular weight excluding hydrogens is 410 g/mol. The summed E-state index contributed by atoms with van der Waals surface area (Å²) in [5, 5.41) is 7.63. The summed E-state index contributed by atoms with van der Waals surface area (Å²) >= 11 is 6.48. The molecule has 1 atom stereocenters. The van der Waals surface area contributed by atoms with Gasteiger partial charge in [0.05, 0.1) is 10.7 Å². The first kappa shape index (κ1) is 21.9. The normalized spacial score (nSPS) is 19.8. The van der Waals surface area contributed by atoms with Crippen LogP contribution < -0.4 is 10.6 Å². The summed E-state index contributed by atoms with van der Waals surface area (Å²) in [6, 6.07) is 8.45. The van der Waals surface area contributed by atoms with E-state index in [4.69, 9.17) is 16.6 Å². The summed E-state index contributed by atoms with van der Waals surface area (Å²) < 4.78 is 0. The summed E-state index contributed by atoms with van der Waals surface area (Å²) in [6.45, 7) is 4.14. The first-order valence-corrected chi connectivity index (χ1v) is 11.8. The summed E-state index contributed by atoms with van der Waals surface area (Å²) in [5.74, 6) is 2.29. The third kappa shape index (κ3) is 5.88. The van der Waals surface area contributed by atoms with Crippen LogP contribution in [0.2, 0.25) is 5.02 Å². The molecule has 3 heterocycles. The standard InChI is InChI=1S/C24H32ClN5O/c1-17(31)30-12-6-7-18(16-30)14-26-23-11-5-10-22(29-23)20-13-24(27-15-21(20)25)28-19-8-3-2-4-9-19/h5,10-11,13,15,18-19H,2-4,6-9,12,14,16H2,1H3,(H,26,29)(H,27,28)/t18-/m0/s1. The lowest BCUT2D eigenvalue weighted by atomic mass is 9.95. The lowest BCUT2D eigenvalue weighted by Gasteiger charge is -2.32. The predicted molar refractivity (Wildman–Crippen MR) is 126 cm³/mol. The van der Waals surface area contributed by atoms with E-state index in [9.17, 15) is 4.79 Å². The molecule has 1 amide bonds. The summed E-state index contributed by atoms with van der Waals surface area (Å²) in [6.07, 6.45) is 10.2. The second-order valence-corrected chi connectivity index (χ2v) is 9.20. The molecule has 7 heteroatoms. The minimum absolute atomic E-state index is 0.162. The topological polar surface area (TPSA) is 70.2 Å². The zero-order chi connectivity index (χ0) is 21.6. The molecule has 0 radical (unpaired) electrons. The fourth-order valence-corrected chi connectivity index (χ4v) is 4.82. The second-order valence-electron chi connectivity index (χ2n) is 8.79. The number of nitrogens with zero attached hydrogens (tertiary/aromatic N) is 3. The van der Waals surface area contributed by atoms with Crippen LogP contribution in [-0.2, 0) is 4.79 Å². The lowest BCUT2D eigenvalue weighted by molar-refractivity contribution is -0.130. The van der Waals surface area contributed by atoms with Crippen molar-refractivity contribution < 1.29 is 4.79 Å². The van der Waals surface area contributed by atoms with Gasteiger partial charge in [-0.25, -0.2) is 9.97 Å². The largest absolute Gasteiger partial charge is 0.370 e. The second kappa shape index (κ2) is 10.3. The summed E-state index contributed by atoms with van der Waals surface area (Å²) in [7, 11) is 0. The molecule has 1 aliphatic carbocycles. The van der Waals surface area contributed by atoms with Gasteiger partial charge >= 0.3 is 0 Å². The number of anilines is 2. The maximum atomic E-state index is 11.7. The zero-order valence-electron chi connectivity index (χ0n) is 18.2. The Balaban J connectivity index is 1.42. The molecule has 4 rings (SSSR count). The summed E-state index contributed by atoms with van der Waals surface area (Å²) in [5.41, 5.74) is 1.72. The predicted octanol–water partition coefficient (Wildman–Crippen LogP) is 5.21. The molecule has 0 aromatic carbocycles. The number of pyridine rings is 2. The van der Waals surface area contributed by atoms with E-state index < -0.39 is 0 Å². The van der Waals surface area contributed by atoms with E-state index in [1.54, 1.807) is 13.1 Å². The number of carbonyl (C=O) groups is 1. The van der Waals surface area contributed by atoms with E-state index in [0.717, 1.165) is 55.4 Å². The smallest absolute Gasteiger partial charge is 0.219 e. The first-order chi connectivity index (χ1) is 15.1. The molecule has 2 N–H and O–H groups in total. The number of halogens is 1. The van der Waals surface area contributed by atoms with Crippen molar-refractivity contribution in [2.75, 3.05) is 30.3 Å². The molecule has 2 aliphatic rings. The third-order valence-electron chi connectivity index (χ3n) is 6.37. The number of piperidine rings is 1. The van der Waals surface area contributed by atoms with Gasteiger partial charge in [0.1, 0.15) is 11.6 Å². The highest BCUT2D eigenvalue weighted by atomic mass is 35.5. The van der Waals surface area contributed by atoms with Gasteiger partial charge in [0.25, 0.3) is 0 Å². The first-order valence-electron chi connectivity index (χ1n) is 11.5. The van der Waals surface area contributed by atoms with Gasteiger partial charge < -0.3 is 15.5 Å². The van der Waals surface area contributed by atoms with Gasteiger partial charge in [-0.1, -0.05) is 36.9 Å². The molecule has 0 bridgehead atoms. The molecule has 2 fully saturated rings. The zero-order valence-corrected chi connectivity index (χ0v) is 19.0. The highest BCUT2D eigenvalue weighted by Crippen LogP contribution is 2.30. The fourth-order valence-electron chi connectivity index (χ4n) is 4.62. The van der Waals surface area contributed by atoms with Crippen molar-refractivity contribution in [1.82, 2.24) is 14.9 Å². The van der Waals surface area contributed by atoms with E-state index in [-0.39, 0.29) is 5.91 Å². The molecule has 166 valence electrons. The van der Waals surface area contributed by atoms with Crippen LogP contribution in [-0.4, -0.2) is 46.5 Å². The quantitative estimate of drug-likeness (QED) is 0.643. The van der Waals surface area contributed by atoms with Crippen LogP contribution in [0.4, 0.5) is 11.6 Å². The molecule has 31 heavy (non-hydrogen) atoms. The van der Waals surface area contributed by atoms with Crippen LogP contribution >= 0.6 is 11.6 Å². The number of likely N-dealkylation sites (tertiary alicyclic amines) is 1. The van der Waals surface area contributed by atoms with E-state index in [1.807, 2.05) is 29.2 Å². The summed E-state index contributed by atoms with van der Waals surface area (Å²) in [4.78, 5) is 22.9. The van der Waals surface area contributed by atoms with Crippen molar-refractivity contribution in [3.8, 4) is 11.3 Å². The van der Waals surface area contributed by atoms with Crippen LogP contribution in [0, 0.1) is 5.92 Å². The van der Waals surface area contributed by atoms with E-state index in [1.165, 1.54) is 32.1 Å². The Hall–Kier alpha value is -2.34. The number of hydrogen-bond acceptors (Lipinski definition) is 5. The van der Waals surface area contributed by atoms with Crippen molar-refractivity contribution in [1.29, 1.82) is 0 Å². The van der Waals surface area contributed by atoms with E-state index in [0.29, 0.717) is 17.0 Å². The van der Waals surface area contributed by atoms with Crippen molar-refractivity contribution >= 4 is 29.1 Å². The van der Waals surface area contributed by atoms with Gasteiger partial charge in [0.2, 0.25) is 5.91 Å². The van der Waals surface area contributed by atoms with Gasteiger partial charge in [-0.3, -0.25) is 4.79 Å². The molecule has 1 aliphatic heterocycles. The number of carbonyl (C=O) groups excluding carboxylic acids is 1. The monoisotopic (exact) mass is 441 g/mol. The average Bonchev–Trinajstić information content (AvgIpc) is 2.80. The van der Waals surface area contributed by atoms with E-state index in [2.05, 4.69) is 15.6 Å². The van der Waals surface area contributed by atoms with Gasteiger partial charge in [-0.05, 0) is 49.8 Å². The number of amides is 1. The van der Waals surface area contributed by atoms with Gasteiger partial charge in [-0.15, -0.1) is 0 Å². The highest BCUT2D eigenvalue weighted by molar-refractivity contribution is 6.33. The van der Waals surface area contributed by atoms with Gasteiger partial charge in [-0.2, -0.15) is 0 Å². The highest BCUT2D eigenvalue weighted by Gasteiger charge is 2.21. The van der Waals surface area contributed by atoms with Crippen LogP contribution in [0.3, 0.4) is 0 Å². The Bertz CT molecular complexity index is 899. The Morgan fingerprint density at radius 3 is 2.81 bits per heavy atom. The Morgan fingerprint density at radius 2 is 2.00 bits per heavy atom. The third-order valence-corrected chi connectivity index (χ3v) is 6.67. The Kier molecular flexibility index (Phi) is 7.28. The van der Waals surface area contributed by atoms with Crippen molar-refractivity contribution in [2.24, 2.45) is 5.92 Å². The average molecular weight is 442 g/mol. The van der Waals surface area contributed by atoms with Crippen molar-refractivity contribution in [3.63, 3.8) is 0 Å². The molecular formula is C24H32ClN5O. The Morgan fingerprint density at radius 1 is 1.16 bits per heavy atom. The molecule has 2 aromatic heterocycles. The lowest BCUT2D eigenvalue weighted by Crippen LogP contribution is -2.40. The molecule has 6 nitrogen and oxygen atoms in total. The van der Waals surface area contributed by atoms with Crippen LogP contribution in [0.25, 0.3) is 11.3 Å². The molecule has 0 unspecified atom stereocenters. The van der Waals surface area contributed by atoms with Gasteiger partial charge in [0.15, 0.2) is 0 Å². The molecule has 2 aromatic rings. The minimum atomic E-state index is 0.162. The Labute approximate surface area is 189 Å². The minimum Gasteiger partial charge on any atom is -0.370 e. The van der Waals surface area contributed by atoms with Crippen LogP contribution in [0.1, 0.15) is 51.9 Å². The number of hydrogen-bond donors (Lipinski definition) is 2. The van der Waals surface area contributed by atoms with Crippen LogP contribution in [0.5, 0.6) is 0 Å². The molecule has 0 spiro atoms. The SMILES string of the molecule is CC(=O)N1CCC[C@@H](CNc2cccc(-c3cc(NC4CCCCC4)ncc3Cl)n2)C1. The van der Waals surface area contributed by atoms with Gasteiger partial charge in [0, 0.05) is 44.4 Å². The van der Waals surface area contributed by atoms with Crippen molar-refractivity contribution in [2.45, 2.75) is 57.9 Å². The van der Waals surface area contributed by atoms with Crippen LogP contribution in [0.15, 0.2) is 30.5 Å².